The molecule has 0 aromatic heterocycles. The highest BCUT2D eigenvalue weighted by Crippen LogP contribution is 2.24. The van der Waals surface area contributed by atoms with Gasteiger partial charge in [-0.05, 0) is 31.5 Å². The molecule has 0 aliphatic carbocycles. The average molecular weight is 238 g/mol. The summed E-state index contributed by atoms with van der Waals surface area (Å²) in [5.74, 6) is 0.896. The number of hydrogen-bond acceptors (Lipinski definition) is 3. The molecule has 0 saturated carbocycles. The first kappa shape index (κ1) is 12.9. The third-order valence-electron chi connectivity index (χ3n) is 2.17. The highest BCUT2D eigenvalue weighted by molar-refractivity contribution is 7.99. The summed E-state index contributed by atoms with van der Waals surface area (Å²) in [5, 5.41) is 2.78. The van der Waals surface area contributed by atoms with Crippen molar-refractivity contribution in [1.82, 2.24) is 5.32 Å². The Morgan fingerprint density at radius 1 is 1.50 bits per heavy atom. The molecule has 1 aromatic rings. The van der Waals surface area contributed by atoms with Gasteiger partial charge in [0.25, 0.3) is 0 Å². The van der Waals surface area contributed by atoms with Gasteiger partial charge < -0.3 is 11.1 Å². The Labute approximate surface area is 101 Å². The Morgan fingerprint density at radius 3 is 2.94 bits per heavy atom. The van der Waals surface area contributed by atoms with Crippen LogP contribution in [0.4, 0.5) is 5.69 Å². The van der Waals surface area contributed by atoms with E-state index >= 15 is 0 Å². The SMILES string of the molecule is CCNC(=O)CCSc1cc(N)ccc1C. The number of nitrogen functional groups attached to an aromatic ring is 1. The Hall–Kier alpha value is -1.16. The monoisotopic (exact) mass is 238 g/mol. The second kappa shape index (κ2) is 6.43. The minimum Gasteiger partial charge on any atom is -0.399 e. The molecule has 0 aliphatic rings. The first-order valence-corrected chi connectivity index (χ1v) is 6.37. The Balaban J connectivity index is 2.42. The number of benzene rings is 1. The number of anilines is 1. The minimum atomic E-state index is 0.108. The van der Waals surface area contributed by atoms with Crippen molar-refractivity contribution in [1.29, 1.82) is 0 Å². The van der Waals surface area contributed by atoms with Crippen LogP contribution in [0.25, 0.3) is 0 Å². The highest BCUT2D eigenvalue weighted by Gasteiger charge is 2.03. The third kappa shape index (κ3) is 4.14. The lowest BCUT2D eigenvalue weighted by Crippen LogP contribution is -2.22. The minimum absolute atomic E-state index is 0.108. The van der Waals surface area contributed by atoms with Crippen LogP contribution in [0.5, 0.6) is 0 Å². The van der Waals surface area contributed by atoms with E-state index in [-0.39, 0.29) is 5.91 Å². The molecule has 3 N–H and O–H groups in total. The number of carbonyl (C=O) groups excluding carboxylic acids is 1. The molecule has 0 unspecified atom stereocenters. The quantitative estimate of drug-likeness (QED) is 0.611. The van der Waals surface area contributed by atoms with Crippen LogP contribution in [0.1, 0.15) is 18.9 Å². The van der Waals surface area contributed by atoms with E-state index in [1.807, 2.05) is 32.0 Å². The summed E-state index contributed by atoms with van der Waals surface area (Å²) < 4.78 is 0. The van der Waals surface area contributed by atoms with Gasteiger partial charge in [-0.2, -0.15) is 0 Å². The van der Waals surface area contributed by atoms with E-state index in [1.165, 1.54) is 5.56 Å². The van der Waals surface area contributed by atoms with E-state index in [4.69, 9.17) is 5.73 Å². The van der Waals surface area contributed by atoms with Gasteiger partial charge in [0.2, 0.25) is 5.91 Å². The molecule has 3 nitrogen and oxygen atoms in total. The lowest BCUT2D eigenvalue weighted by atomic mass is 10.2. The van der Waals surface area contributed by atoms with Gasteiger partial charge >= 0.3 is 0 Å². The molecule has 0 bridgehead atoms. The summed E-state index contributed by atoms with van der Waals surface area (Å²) in [7, 11) is 0. The summed E-state index contributed by atoms with van der Waals surface area (Å²) in [4.78, 5) is 12.4. The van der Waals surface area contributed by atoms with Crippen molar-refractivity contribution in [3.63, 3.8) is 0 Å². The largest absolute Gasteiger partial charge is 0.399 e. The van der Waals surface area contributed by atoms with Gasteiger partial charge in [-0.3, -0.25) is 4.79 Å². The van der Waals surface area contributed by atoms with Crippen molar-refractivity contribution < 1.29 is 4.79 Å². The summed E-state index contributed by atoms with van der Waals surface area (Å²) >= 11 is 1.67. The summed E-state index contributed by atoms with van der Waals surface area (Å²) in [6.07, 6.45) is 0.548. The number of rotatable bonds is 5. The van der Waals surface area contributed by atoms with Crippen LogP contribution in [0.2, 0.25) is 0 Å². The van der Waals surface area contributed by atoms with Crippen molar-refractivity contribution >= 4 is 23.4 Å². The first-order chi connectivity index (χ1) is 7.63. The van der Waals surface area contributed by atoms with E-state index in [1.54, 1.807) is 11.8 Å². The molecule has 4 heteroatoms. The van der Waals surface area contributed by atoms with Gasteiger partial charge in [0.15, 0.2) is 0 Å². The fraction of sp³-hybridized carbons (Fsp3) is 0.417. The molecule has 0 saturated heterocycles. The number of thioether (sulfide) groups is 1. The second-order valence-corrected chi connectivity index (χ2v) is 4.71. The third-order valence-corrected chi connectivity index (χ3v) is 3.33. The van der Waals surface area contributed by atoms with Gasteiger partial charge in [-0.15, -0.1) is 11.8 Å². The fourth-order valence-corrected chi connectivity index (χ4v) is 2.33. The van der Waals surface area contributed by atoms with E-state index < -0.39 is 0 Å². The predicted octanol–water partition coefficient (Wildman–Crippen LogP) is 2.20. The number of carbonyl (C=O) groups is 1. The van der Waals surface area contributed by atoms with Crippen LogP contribution in [0.15, 0.2) is 23.1 Å². The van der Waals surface area contributed by atoms with Gasteiger partial charge in [0, 0.05) is 29.3 Å². The maximum Gasteiger partial charge on any atom is 0.220 e. The number of amides is 1. The average Bonchev–Trinajstić information content (AvgIpc) is 2.23. The molecule has 0 radical (unpaired) electrons. The highest BCUT2D eigenvalue weighted by atomic mass is 32.2. The Bertz CT molecular complexity index is 366. The zero-order valence-corrected chi connectivity index (χ0v) is 10.6. The normalized spacial score (nSPS) is 10.1. The van der Waals surface area contributed by atoms with Crippen molar-refractivity contribution in [3.8, 4) is 0 Å². The molecule has 0 aliphatic heterocycles. The van der Waals surface area contributed by atoms with E-state index in [9.17, 15) is 4.79 Å². The van der Waals surface area contributed by atoms with Crippen LogP contribution in [-0.2, 0) is 4.79 Å². The Morgan fingerprint density at radius 2 is 2.25 bits per heavy atom. The molecule has 0 atom stereocenters. The number of aryl methyl sites for hydroxylation is 1. The van der Waals surface area contributed by atoms with Gasteiger partial charge in [0.05, 0.1) is 0 Å². The molecule has 1 rings (SSSR count). The van der Waals surface area contributed by atoms with Crippen molar-refractivity contribution in [2.75, 3.05) is 18.0 Å². The van der Waals surface area contributed by atoms with Crippen LogP contribution in [0, 0.1) is 6.92 Å². The van der Waals surface area contributed by atoms with E-state index in [0.717, 1.165) is 16.3 Å². The van der Waals surface area contributed by atoms with Crippen molar-refractivity contribution in [2.24, 2.45) is 0 Å². The molecule has 16 heavy (non-hydrogen) atoms. The topological polar surface area (TPSA) is 55.1 Å². The Kier molecular flexibility index (Phi) is 5.19. The van der Waals surface area contributed by atoms with Crippen molar-refractivity contribution in [2.45, 2.75) is 25.2 Å². The number of nitrogens with one attached hydrogen (secondary N) is 1. The maximum atomic E-state index is 11.2. The molecule has 0 spiro atoms. The molecular weight excluding hydrogens is 220 g/mol. The summed E-state index contributed by atoms with van der Waals surface area (Å²) in [6.45, 7) is 4.67. The zero-order chi connectivity index (χ0) is 12.0. The maximum absolute atomic E-state index is 11.2. The first-order valence-electron chi connectivity index (χ1n) is 5.39. The van der Waals surface area contributed by atoms with E-state index in [2.05, 4.69) is 5.32 Å². The van der Waals surface area contributed by atoms with Crippen molar-refractivity contribution in [3.05, 3.63) is 23.8 Å². The summed E-state index contributed by atoms with van der Waals surface area (Å²) in [5.41, 5.74) is 7.69. The molecule has 1 amide bonds. The van der Waals surface area contributed by atoms with Gasteiger partial charge in [0.1, 0.15) is 0 Å². The lowest BCUT2D eigenvalue weighted by Gasteiger charge is -2.06. The lowest BCUT2D eigenvalue weighted by molar-refractivity contribution is -0.120. The summed E-state index contributed by atoms with van der Waals surface area (Å²) in [6, 6.07) is 5.85. The second-order valence-electron chi connectivity index (χ2n) is 3.58. The number of nitrogens with two attached hydrogens (primary N) is 1. The molecule has 1 aromatic carbocycles. The smallest absolute Gasteiger partial charge is 0.220 e. The van der Waals surface area contributed by atoms with Crippen LogP contribution in [0.3, 0.4) is 0 Å². The van der Waals surface area contributed by atoms with E-state index in [0.29, 0.717) is 13.0 Å². The fourth-order valence-electron chi connectivity index (χ4n) is 1.31. The van der Waals surface area contributed by atoms with Crippen LogP contribution < -0.4 is 11.1 Å². The molecule has 88 valence electrons. The van der Waals surface area contributed by atoms with Crippen LogP contribution in [-0.4, -0.2) is 18.2 Å². The number of hydrogen-bond donors (Lipinski definition) is 2. The predicted molar refractivity (Wildman–Crippen MR) is 69.6 cm³/mol. The standard InChI is InChI=1S/C12H18N2OS/c1-3-14-12(15)6-7-16-11-8-10(13)5-4-9(11)2/h4-5,8H,3,6-7,13H2,1-2H3,(H,14,15). The zero-order valence-electron chi connectivity index (χ0n) is 9.75. The van der Waals surface area contributed by atoms with Crippen LogP contribution >= 0.6 is 11.8 Å². The van der Waals surface area contributed by atoms with Gasteiger partial charge in [-0.25, -0.2) is 0 Å². The molecule has 0 fully saturated rings. The molecular formula is C12H18N2OS. The molecule has 0 heterocycles. The van der Waals surface area contributed by atoms with Gasteiger partial charge in [-0.1, -0.05) is 6.07 Å².